The van der Waals surface area contributed by atoms with Crippen LogP contribution in [0.3, 0.4) is 0 Å². The van der Waals surface area contributed by atoms with Gasteiger partial charge in [0.05, 0.1) is 18.5 Å². The number of nitrogens with one attached hydrogen (secondary N) is 1. The van der Waals surface area contributed by atoms with Crippen molar-refractivity contribution >= 4 is 17.2 Å². The number of methoxy groups -OCH3 is 1. The van der Waals surface area contributed by atoms with Crippen molar-refractivity contribution in [3.05, 3.63) is 54.2 Å². The number of allylic oxidation sites excluding steroid dienone is 2. The zero-order valence-corrected chi connectivity index (χ0v) is 15.3. The number of hydrogen-bond acceptors (Lipinski definition) is 5. The van der Waals surface area contributed by atoms with Gasteiger partial charge in [0, 0.05) is 24.3 Å². The van der Waals surface area contributed by atoms with Crippen LogP contribution in [0.25, 0.3) is 0 Å². The number of hydrogen-bond donors (Lipinski definition) is 2. The lowest BCUT2D eigenvalue weighted by atomic mass is 9.79. The number of benzene rings is 2. The highest BCUT2D eigenvalue weighted by molar-refractivity contribution is 5.92. The molecule has 0 heterocycles. The molecule has 0 fully saturated rings. The second-order valence-electron chi connectivity index (χ2n) is 7.28. The molecule has 0 atom stereocenters. The highest BCUT2D eigenvalue weighted by Crippen LogP contribution is 2.36. The van der Waals surface area contributed by atoms with Crippen LogP contribution >= 0.6 is 0 Å². The predicted octanol–water partition coefficient (Wildman–Crippen LogP) is 4.75. The van der Waals surface area contributed by atoms with Gasteiger partial charge in [0.1, 0.15) is 5.75 Å². The zero-order valence-electron chi connectivity index (χ0n) is 15.3. The number of ketones is 1. The molecule has 26 heavy (non-hydrogen) atoms. The maximum atomic E-state index is 11.9. The van der Waals surface area contributed by atoms with E-state index in [0.717, 1.165) is 17.8 Å². The first-order valence-corrected chi connectivity index (χ1v) is 8.57. The average Bonchev–Trinajstić information content (AvgIpc) is 2.56. The molecule has 5 heteroatoms. The van der Waals surface area contributed by atoms with Crippen molar-refractivity contribution in [2.75, 3.05) is 18.2 Å². The van der Waals surface area contributed by atoms with Gasteiger partial charge in [0.15, 0.2) is 17.3 Å². The zero-order chi connectivity index (χ0) is 18.7. The smallest absolute Gasteiger partial charge is 0.169 e. The van der Waals surface area contributed by atoms with Crippen molar-refractivity contribution in [1.29, 1.82) is 0 Å². The SMILES string of the molecule is COc1ccccc1Oc1ccc(NC2=CC(=O)CC(C)(C)C2)c(N)c1. The van der Waals surface area contributed by atoms with Gasteiger partial charge in [-0.15, -0.1) is 0 Å². The van der Waals surface area contributed by atoms with Crippen LogP contribution in [0.2, 0.25) is 0 Å². The van der Waals surface area contributed by atoms with Crippen LogP contribution < -0.4 is 20.5 Å². The maximum Gasteiger partial charge on any atom is 0.169 e. The van der Waals surface area contributed by atoms with E-state index in [1.54, 1.807) is 19.3 Å². The third-order valence-corrected chi connectivity index (χ3v) is 4.27. The Morgan fingerprint density at radius 2 is 1.81 bits per heavy atom. The fraction of sp³-hybridized carbons (Fsp3) is 0.286. The number of anilines is 2. The van der Waals surface area contributed by atoms with E-state index in [4.69, 9.17) is 15.2 Å². The van der Waals surface area contributed by atoms with Gasteiger partial charge in [0.25, 0.3) is 0 Å². The third kappa shape index (κ3) is 4.17. The second kappa shape index (κ2) is 7.12. The summed E-state index contributed by atoms with van der Waals surface area (Å²) < 4.78 is 11.2. The molecule has 5 nitrogen and oxygen atoms in total. The van der Waals surface area contributed by atoms with Crippen LogP contribution in [0.5, 0.6) is 17.2 Å². The number of carbonyl (C=O) groups is 1. The highest BCUT2D eigenvalue weighted by atomic mass is 16.5. The number of para-hydroxylation sites is 2. The van der Waals surface area contributed by atoms with Crippen molar-refractivity contribution in [2.45, 2.75) is 26.7 Å². The van der Waals surface area contributed by atoms with Gasteiger partial charge < -0.3 is 20.5 Å². The molecule has 2 aromatic rings. The Bertz CT molecular complexity index is 856. The largest absolute Gasteiger partial charge is 0.493 e. The Kier molecular flexibility index (Phi) is 4.89. The molecule has 1 aliphatic carbocycles. The summed E-state index contributed by atoms with van der Waals surface area (Å²) in [6.07, 6.45) is 3.04. The molecule has 1 aliphatic rings. The summed E-state index contributed by atoms with van der Waals surface area (Å²) >= 11 is 0. The highest BCUT2D eigenvalue weighted by Gasteiger charge is 2.27. The molecular formula is C21H24N2O3. The number of nitrogens with two attached hydrogens (primary N) is 1. The molecule has 0 spiro atoms. The monoisotopic (exact) mass is 352 g/mol. The van der Waals surface area contributed by atoms with E-state index in [2.05, 4.69) is 19.2 Å². The summed E-state index contributed by atoms with van der Waals surface area (Å²) in [6.45, 7) is 4.18. The molecule has 0 radical (unpaired) electrons. The summed E-state index contributed by atoms with van der Waals surface area (Å²) in [6, 6.07) is 12.9. The summed E-state index contributed by atoms with van der Waals surface area (Å²) in [5.74, 6) is 2.03. The summed E-state index contributed by atoms with van der Waals surface area (Å²) in [7, 11) is 1.60. The van der Waals surface area contributed by atoms with E-state index in [0.29, 0.717) is 29.4 Å². The number of carbonyl (C=O) groups excluding carboxylic acids is 1. The normalized spacial score (nSPS) is 16.0. The van der Waals surface area contributed by atoms with Crippen LogP contribution in [0, 0.1) is 5.41 Å². The lowest BCUT2D eigenvalue weighted by Gasteiger charge is -2.29. The van der Waals surface area contributed by atoms with Crippen molar-refractivity contribution in [1.82, 2.24) is 0 Å². The van der Waals surface area contributed by atoms with Gasteiger partial charge in [0.2, 0.25) is 0 Å². The fourth-order valence-electron chi connectivity index (χ4n) is 3.15. The minimum atomic E-state index is -0.0458. The number of rotatable bonds is 5. The minimum absolute atomic E-state index is 0.0458. The molecule has 0 amide bonds. The molecule has 3 rings (SSSR count). The number of ether oxygens (including phenoxy) is 2. The first kappa shape index (κ1) is 17.9. The molecule has 0 aliphatic heterocycles. The standard InChI is InChI=1S/C21H24N2O3/c1-21(2)12-14(10-15(24)13-21)23-18-9-8-16(11-17(18)22)26-20-7-5-4-6-19(20)25-3/h4-11,23H,12-13,22H2,1-3H3. The topological polar surface area (TPSA) is 73.6 Å². The van der Waals surface area contributed by atoms with Gasteiger partial charge in [-0.05, 0) is 36.1 Å². The molecule has 0 unspecified atom stereocenters. The predicted molar refractivity (Wildman–Crippen MR) is 104 cm³/mol. The van der Waals surface area contributed by atoms with Crippen LogP contribution in [-0.2, 0) is 4.79 Å². The van der Waals surface area contributed by atoms with Gasteiger partial charge in [-0.3, -0.25) is 4.79 Å². The molecule has 0 bridgehead atoms. The molecular weight excluding hydrogens is 328 g/mol. The van der Waals surface area contributed by atoms with E-state index < -0.39 is 0 Å². The van der Waals surface area contributed by atoms with Crippen molar-refractivity contribution in [2.24, 2.45) is 5.41 Å². The molecule has 0 aromatic heterocycles. The summed E-state index contributed by atoms with van der Waals surface area (Å²) in [4.78, 5) is 11.9. The van der Waals surface area contributed by atoms with Crippen molar-refractivity contribution in [3.63, 3.8) is 0 Å². The lowest BCUT2D eigenvalue weighted by Crippen LogP contribution is -2.24. The Labute approximate surface area is 153 Å². The van der Waals surface area contributed by atoms with E-state index in [1.165, 1.54) is 0 Å². The van der Waals surface area contributed by atoms with Gasteiger partial charge in [-0.25, -0.2) is 0 Å². The van der Waals surface area contributed by atoms with Crippen LogP contribution in [0.4, 0.5) is 11.4 Å². The van der Waals surface area contributed by atoms with E-state index in [-0.39, 0.29) is 11.2 Å². The van der Waals surface area contributed by atoms with Gasteiger partial charge >= 0.3 is 0 Å². The lowest BCUT2D eigenvalue weighted by molar-refractivity contribution is -0.117. The fourth-order valence-corrected chi connectivity index (χ4v) is 3.15. The van der Waals surface area contributed by atoms with Crippen LogP contribution in [0.15, 0.2) is 54.2 Å². The van der Waals surface area contributed by atoms with Crippen molar-refractivity contribution < 1.29 is 14.3 Å². The van der Waals surface area contributed by atoms with Crippen LogP contribution in [0.1, 0.15) is 26.7 Å². The molecule has 136 valence electrons. The quantitative estimate of drug-likeness (QED) is 0.759. The Morgan fingerprint density at radius 3 is 2.46 bits per heavy atom. The Morgan fingerprint density at radius 1 is 1.08 bits per heavy atom. The average molecular weight is 352 g/mol. The maximum absolute atomic E-state index is 11.9. The van der Waals surface area contributed by atoms with Gasteiger partial charge in [-0.1, -0.05) is 26.0 Å². The van der Waals surface area contributed by atoms with E-state index in [1.807, 2.05) is 36.4 Å². The molecule has 3 N–H and O–H groups in total. The van der Waals surface area contributed by atoms with Crippen molar-refractivity contribution in [3.8, 4) is 17.2 Å². The van der Waals surface area contributed by atoms with Crippen LogP contribution in [-0.4, -0.2) is 12.9 Å². The van der Waals surface area contributed by atoms with E-state index >= 15 is 0 Å². The Balaban J connectivity index is 1.77. The molecule has 2 aromatic carbocycles. The third-order valence-electron chi connectivity index (χ3n) is 4.27. The minimum Gasteiger partial charge on any atom is -0.493 e. The first-order valence-electron chi connectivity index (χ1n) is 8.57. The second-order valence-corrected chi connectivity index (χ2v) is 7.28. The molecule has 0 saturated carbocycles. The van der Waals surface area contributed by atoms with Gasteiger partial charge in [-0.2, -0.15) is 0 Å². The Hall–Kier alpha value is -2.95. The summed E-state index contributed by atoms with van der Waals surface area (Å²) in [5.41, 5.74) is 8.33. The first-order chi connectivity index (χ1) is 12.4. The molecule has 0 saturated heterocycles. The summed E-state index contributed by atoms with van der Waals surface area (Å²) in [5, 5.41) is 3.28. The number of nitrogen functional groups attached to an aromatic ring is 1. The van der Waals surface area contributed by atoms with E-state index in [9.17, 15) is 4.79 Å².